The SMILES string of the molecule is O=C(O)CC(C(=O)O)c1n[nH]c(C(CC(=O)O)C(=O)O)c1C(O)c1ccc(Cl)cc1[N+](=O)[O-]. The fourth-order valence-electron chi connectivity index (χ4n) is 3.22. The van der Waals surface area contributed by atoms with E-state index in [2.05, 4.69) is 10.2 Å². The van der Waals surface area contributed by atoms with E-state index in [1.807, 2.05) is 0 Å². The lowest BCUT2D eigenvalue weighted by atomic mass is 9.87. The number of hydrogen-bond acceptors (Lipinski definition) is 8. The van der Waals surface area contributed by atoms with Crippen LogP contribution in [0.5, 0.6) is 0 Å². The van der Waals surface area contributed by atoms with Crippen molar-refractivity contribution in [2.24, 2.45) is 0 Å². The highest BCUT2D eigenvalue weighted by Gasteiger charge is 2.38. The van der Waals surface area contributed by atoms with Crippen molar-refractivity contribution in [3.8, 4) is 0 Å². The molecule has 2 rings (SSSR count). The summed E-state index contributed by atoms with van der Waals surface area (Å²) in [6.07, 6.45) is -4.13. The van der Waals surface area contributed by atoms with Gasteiger partial charge in [-0.25, -0.2) is 0 Å². The van der Waals surface area contributed by atoms with Crippen LogP contribution >= 0.6 is 11.6 Å². The minimum atomic E-state index is -2.09. The van der Waals surface area contributed by atoms with Gasteiger partial charge in [0.15, 0.2) is 0 Å². The van der Waals surface area contributed by atoms with Crippen molar-refractivity contribution >= 4 is 41.2 Å². The van der Waals surface area contributed by atoms with E-state index in [4.69, 9.17) is 21.8 Å². The van der Waals surface area contributed by atoms with Gasteiger partial charge in [-0.2, -0.15) is 5.10 Å². The van der Waals surface area contributed by atoms with E-state index in [1.165, 1.54) is 6.07 Å². The number of hydrogen-bond donors (Lipinski definition) is 6. The first-order valence-corrected chi connectivity index (χ1v) is 9.32. The first-order valence-electron chi connectivity index (χ1n) is 8.94. The van der Waals surface area contributed by atoms with Crippen LogP contribution in [-0.2, 0) is 19.2 Å². The minimum absolute atomic E-state index is 0.0751. The molecule has 1 heterocycles. The van der Waals surface area contributed by atoms with Crippen molar-refractivity contribution in [3.63, 3.8) is 0 Å². The molecule has 0 saturated heterocycles. The van der Waals surface area contributed by atoms with E-state index in [1.54, 1.807) is 0 Å². The lowest BCUT2D eigenvalue weighted by Crippen LogP contribution is -2.21. The monoisotopic (exact) mass is 485 g/mol. The maximum atomic E-state index is 11.7. The Balaban J connectivity index is 2.84. The fourth-order valence-corrected chi connectivity index (χ4v) is 3.39. The molecular formula is C18H16ClN3O11. The maximum Gasteiger partial charge on any atom is 0.313 e. The van der Waals surface area contributed by atoms with Gasteiger partial charge in [0, 0.05) is 16.7 Å². The number of carboxylic acid groups (broad SMARTS) is 4. The van der Waals surface area contributed by atoms with Crippen LogP contribution in [0.15, 0.2) is 18.2 Å². The molecule has 0 spiro atoms. The molecule has 0 saturated carbocycles. The molecule has 14 nitrogen and oxygen atoms in total. The highest BCUT2D eigenvalue weighted by Crippen LogP contribution is 2.39. The van der Waals surface area contributed by atoms with Crippen LogP contribution in [-0.4, -0.2) is 64.5 Å². The van der Waals surface area contributed by atoms with E-state index in [0.29, 0.717) is 0 Å². The first-order chi connectivity index (χ1) is 15.3. The van der Waals surface area contributed by atoms with Crippen LogP contribution in [0.25, 0.3) is 0 Å². The molecule has 0 aliphatic carbocycles. The Labute approximate surface area is 188 Å². The van der Waals surface area contributed by atoms with Crippen molar-refractivity contribution in [2.75, 3.05) is 0 Å². The molecule has 176 valence electrons. The Morgan fingerprint density at radius 3 is 2.06 bits per heavy atom. The van der Waals surface area contributed by atoms with Gasteiger partial charge < -0.3 is 25.5 Å². The third-order valence-corrected chi connectivity index (χ3v) is 4.89. The largest absolute Gasteiger partial charge is 0.481 e. The summed E-state index contributed by atoms with van der Waals surface area (Å²) in [4.78, 5) is 56.4. The molecule has 1 aromatic heterocycles. The average Bonchev–Trinajstić information content (AvgIpc) is 3.13. The number of halogens is 1. The van der Waals surface area contributed by atoms with Crippen molar-refractivity contribution in [2.45, 2.75) is 30.8 Å². The topological polar surface area (TPSA) is 241 Å². The summed E-state index contributed by atoms with van der Waals surface area (Å²) >= 11 is 5.76. The van der Waals surface area contributed by atoms with Gasteiger partial charge in [-0.05, 0) is 12.1 Å². The number of aromatic amines is 1. The number of carbonyl (C=O) groups is 4. The van der Waals surface area contributed by atoms with Gasteiger partial charge in [0.25, 0.3) is 5.69 Å². The number of nitro benzene ring substituents is 1. The van der Waals surface area contributed by atoms with Crippen LogP contribution in [0.3, 0.4) is 0 Å². The Morgan fingerprint density at radius 2 is 1.58 bits per heavy atom. The Hall–Kier alpha value is -4.04. The van der Waals surface area contributed by atoms with Gasteiger partial charge in [0.05, 0.1) is 34.7 Å². The van der Waals surface area contributed by atoms with Crippen LogP contribution in [0.2, 0.25) is 5.02 Å². The van der Waals surface area contributed by atoms with Crippen LogP contribution in [0.4, 0.5) is 5.69 Å². The van der Waals surface area contributed by atoms with E-state index in [9.17, 15) is 44.6 Å². The number of nitrogens with one attached hydrogen (secondary N) is 1. The molecule has 0 fully saturated rings. The molecule has 15 heteroatoms. The standard InChI is InChI=1S/C18H16ClN3O11/c19-6-1-2-7(10(3-6)22(32)33)16(27)13-14(8(17(28)29)4-11(23)24)20-21-15(13)9(18(30)31)5-12(25)26/h1-3,8-9,16,27H,4-5H2,(H,20,21)(H,23,24)(H,25,26)(H,28,29)(H,30,31). The predicted molar refractivity (Wildman–Crippen MR) is 106 cm³/mol. The van der Waals surface area contributed by atoms with Gasteiger partial charge >= 0.3 is 23.9 Å². The number of aliphatic hydroxyl groups is 1. The van der Waals surface area contributed by atoms with Crippen molar-refractivity contribution in [3.05, 3.63) is 55.9 Å². The lowest BCUT2D eigenvalue weighted by molar-refractivity contribution is -0.386. The number of nitrogens with zero attached hydrogens (tertiary/aromatic N) is 2. The lowest BCUT2D eigenvalue weighted by Gasteiger charge is -2.19. The van der Waals surface area contributed by atoms with Crippen LogP contribution < -0.4 is 0 Å². The minimum Gasteiger partial charge on any atom is -0.481 e. The molecule has 1 aromatic carbocycles. The summed E-state index contributed by atoms with van der Waals surface area (Å²) in [6, 6.07) is 3.09. The molecule has 0 radical (unpaired) electrons. The molecule has 0 amide bonds. The highest BCUT2D eigenvalue weighted by molar-refractivity contribution is 6.30. The number of benzene rings is 1. The second-order valence-corrected chi connectivity index (χ2v) is 7.21. The van der Waals surface area contributed by atoms with Crippen molar-refractivity contribution in [1.82, 2.24) is 10.2 Å². The molecule has 6 N–H and O–H groups in total. The predicted octanol–water partition coefficient (Wildman–Crippen LogP) is 1.34. The number of H-pyrrole nitrogens is 1. The molecular weight excluding hydrogens is 470 g/mol. The van der Waals surface area contributed by atoms with E-state index in [0.717, 1.165) is 12.1 Å². The van der Waals surface area contributed by atoms with E-state index < -0.39 is 87.8 Å². The number of rotatable bonds is 11. The summed E-state index contributed by atoms with van der Waals surface area (Å²) in [7, 11) is 0. The Morgan fingerprint density at radius 1 is 1.03 bits per heavy atom. The summed E-state index contributed by atoms with van der Waals surface area (Å²) in [6.45, 7) is 0. The second-order valence-electron chi connectivity index (χ2n) is 6.78. The third kappa shape index (κ3) is 5.61. The number of aliphatic hydroxyl groups excluding tert-OH is 1. The number of aromatic nitrogens is 2. The van der Waals surface area contributed by atoms with Crippen molar-refractivity contribution < 1.29 is 49.6 Å². The second kappa shape index (κ2) is 10.1. The molecule has 2 aromatic rings. The van der Waals surface area contributed by atoms with Gasteiger partial charge in [-0.3, -0.25) is 34.4 Å². The van der Waals surface area contributed by atoms with Gasteiger partial charge in [0.1, 0.15) is 17.9 Å². The molecule has 0 aliphatic heterocycles. The number of aliphatic carboxylic acids is 4. The summed E-state index contributed by atoms with van der Waals surface area (Å²) in [5.41, 5.74) is -2.90. The molecule has 3 unspecified atom stereocenters. The number of carboxylic acids is 4. The highest BCUT2D eigenvalue weighted by atomic mass is 35.5. The molecule has 33 heavy (non-hydrogen) atoms. The summed E-state index contributed by atoms with van der Waals surface area (Å²) in [5.74, 6) is -10.3. The Bertz CT molecular complexity index is 1080. The summed E-state index contributed by atoms with van der Waals surface area (Å²) in [5, 5.41) is 65.4. The fraction of sp³-hybridized carbons (Fsp3) is 0.278. The smallest absolute Gasteiger partial charge is 0.313 e. The first kappa shape index (κ1) is 25.2. The van der Waals surface area contributed by atoms with E-state index in [-0.39, 0.29) is 5.02 Å². The zero-order chi connectivity index (χ0) is 25.0. The maximum absolute atomic E-state index is 11.7. The number of nitro groups is 1. The molecule has 3 atom stereocenters. The average molecular weight is 486 g/mol. The normalized spacial score (nSPS) is 13.6. The van der Waals surface area contributed by atoms with Gasteiger partial charge in [-0.15, -0.1) is 0 Å². The van der Waals surface area contributed by atoms with Crippen molar-refractivity contribution in [1.29, 1.82) is 0 Å². The zero-order valence-corrected chi connectivity index (χ0v) is 17.1. The third-order valence-electron chi connectivity index (χ3n) is 4.65. The summed E-state index contributed by atoms with van der Waals surface area (Å²) < 4.78 is 0. The van der Waals surface area contributed by atoms with Crippen LogP contribution in [0, 0.1) is 10.1 Å². The van der Waals surface area contributed by atoms with Gasteiger partial charge in [0.2, 0.25) is 0 Å². The van der Waals surface area contributed by atoms with E-state index >= 15 is 0 Å². The molecule has 0 bridgehead atoms. The van der Waals surface area contributed by atoms with Crippen LogP contribution in [0.1, 0.15) is 53.3 Å². The van der Waals surface area contributed by atoms with Gasteiger partial charge in [-0.1, -0.05) is 11.6 Å². The zero-order valence-electron chi connectivity index (χ0n) is 16.3. The molecule has 0 aliphatic rings. The Kier molecular flexibility index (Phi) is 7.68. The quantitative estimate of drug-likeness (QED) is 0.195.